The first-order valence-corrected chi connectivity index (χ1v) is 11.9. The van der Waals surface area contributed by atoms with E-state index in [0.29, 0.717) is 12.3 Å². The Morgan fingerprint density at radius 1 is 1.03 bits per heavy atom. The summed E-state index contributed by atoms with van der Waals surface area (Å²) < 4.78 is 0. The summed E-state index contributed by atoms with van der Waals surface area (Å²) in [4.78, 5) is 36.6. The van der Waals surface area contributed by atoms with Crippen molar-refractivity contribution in [3.05, 3.63) is 34.9 Å². The third-order valence-electron chi connectivity index (χ3n) is 6.26. The van der Waals surface area contributed by atoms with Gasteiger partial charge in [0.25, 0.3) is 0 Å². The molecule has 0 saturated carbocycles. The van der Waals surface area contributed by atoms with Gasteiger partial charge in [0.05, 0.1) is 6.42 Å². The molecule has 1 aromatic rings. The Morgan fingerprint density at radius 3 is 2.23 bits per heavy atom. The van der Waals surface area contributed by atoms with Gasteiger partial charge in [-0.3, -0.25) is 14.4 Å². The van der Waals surface area contributed by atoms with Gasteiger partial charge in [-0.1, -0.05) is 71.6 Å². The summed E-state index contributed by atoms with van der Waals surface area (Å²) in [5, 5.41) is 0. The van der Waals surface area contributed by atoms with Gasteiger partial charge in [0, 0.05) is 17.9 Å². The second-order valence-electron chi connectivity index (χ2n) is 8.95. The van der Waals surface area contributed by atoms with E-state index in [1.54, 1.807) is 0 Å². The molecule has 0 bridgehead atoms. The van der Waals surface area contributed by atoms with Crippen LogP contribution >= 0.6 is 0 Å². The average Bonchev–Trinajstić information content (AvgIpc) is 2.68. The van der Waals surface area contributed by atoms with E-state index in [-0.39, 0.29) is 35.6 Å². The van der Waals surface area contributed by atoms with Gasteiger partial charge < -0.3 is 0 Å². The lowest BCUT2D eigenvalue weighted by molar-refractivity contribution is -0.129. The number of benzene rings is 1. The minimum Gasteiger partial charge on any atom is -0.300 e. The van der Waals surface area contributed by atoms with E-state index in [4.69, 9.17) is 0 Å². The SMILES string of the molecule is CCCC.CCCC(CC1CC(=O)c2c(C)cccc2C1)C(CC)C(=O)CC(C)=O. The largest absolute Gasteiger partial charge is 0.300 e. The molecule has 3 atom stereocenters. The number of carbonyl (C=O) groups is 3. The molecule has 0 N–H and O–H groups in total. The van der Waals surface area contributed by atoms with Crippen LogP contribution in [0.5, 0.6) is 0 Å². The summed E-state index contributed by atoms with van der Waals surface area (Å²) in [6.45, 7) is 12.0. The lowest BCUT2D eigenvalue weighted by Crippen LogP contribution is -2.29. The first-order valence-electron chi connectivity index (χ1n) is 11.9. The number of unbranched alkanes of at least 4 members (excludes halogenated alkanes) is 1. The molecule has 2 rings (SSSR count). The lowest BCUT2D eigenvalue weighted by Gasteiger charge is -2.31. The van der Waals surface area contributed by atoms with Crippen LogP contribution in [0, 0.1) is 24.7 Å². The van der Waals surface area contributed by atoms with E-state index in [9.17, 15) is 14.4 Å². The van der Waals surface area contributed by atoms with Crippen molar-refractivity contribution in [2.24, 2.45) is 17.8 Å². The number of hydrogen-bond donors (Lipinski definition) is 0. The van der Waals surface area contributed by atoms with Gasteiger partial charge >= 0.3 is 0 Å². The molecule has 3 unspecified atom stereocenters. The number of ketones is 3. The summed E-state index contributed by atoms with van der Waals surface area (Å²) in [6.07, 6.45) is 7.85. The Labute approximate surface area is 184 Å². The smallest absolute Gasteiger partial charge is 0.163 e. The summed E-state index contributed by atoms with van der Waals surface area (Å²) in [6, 6.07) is 6.10. The molecule has 0 amide bonds. The lowest BCUT2D eigenvalue weighted by atomic mass is 9.72. The van der Waals surface area contributed by atoms with Gasteiger partial charge in [0.15, 0.2) is 5.78 Å². The van der Waals surface area contributed by atoms with Gasteiger partial charge in [0.2, 0.25) is 0 Å². The van der Waals surface area contributed by atoms with Crippen LogP contribution in [0.4, 0.5) is 0 Å². The van der Waals surface area contributed by atoms with Crippen molar-refractivity contribution in [1.29, 1.82) is 0 Å². The molecule has 3 nitrogen and oxygen atoms in total. The quantitative estimate of drug-likeness (QED) is 0.390. The van der Waals surface area contributed by atoms with E-state index in [1.165, 1.54) is 19.8 Å². The second-order valence-corrected chi connectivity index (χ2v) is 8.95. The van der Waals surface area contributed by atoms with Crippen molar-refractivity contribution >= 4 is 17.3 Å². The van der Waals surface area contributed by atoms with Gasteiger partial charge in [-0.05, 0) is 56.1 Å². The van der Waals surface area contributed by atoms with Crippen molar-refractivity contribution < 1.29 is 14.4 Å². The zero-order chi connectivity index (χ0) is 22.7. The van der Waals surface area contributed by atoms with Crippen LogP contribution in [0.25, 0.3) is 0 Å². The summed E-state index contributed by atoms with van der Waals surface area (Å²) in [7, 11) is 0. The van der Waals surface area contributed by atoms with E-state index < -0.39 is 0 Å². The maximum Gasteiger partial charge on any atom is 0.163 e. The van der Waals surface area contributed by atoms with Crippen LogP contribution in [0.3, 0.4) is 0 Å². The molecule has 0 aromatic heterocycles. The number of aryl methyl sites for hydroxylation is 1. The molecule has 3 heteroatoms. The predicted molar refractivity (Wildman–Crippen MR) is 125 cm³/mol. The standard InChI is InChI=1S/C23H32O3.C4H10/c1-5-8-18(20(6-2)21(25)11-16(4)24)12-17-13-19-10-7-9-15(3)23(19)22(26)14-17;1-3-4-2/h7,9-10,17-18,20H,5-6,8,11-14H2,1-4H3;3-4H2,1-2H3. The van der Waals surface area contributed by atoms with Crippen LogP contribution in [-0.4, -0.2) is 17.3 Å². The van der Waals surface area contributed by atoms with Gasteiger partial charge in [-0.15, -0.1) is 0 Å². The first-order chi connectivity index (χ1) is 14.3. The molecule has 1 aliphatic carbocycles. The van der Waals surface area contributed by atoms with Crippen LogP contribution in [0.15, 0.2) is 18.2 Å². The average molecular weight is 415 g/mol. The number of Topliss-reactive ketones (excluding diaryl/α,β-unsaturated/α-hetero) is 3. The molecule has 0 heterocycles. The third-order valence-corrected chi connectivity index (χ3v) is 6.26. The third kappa shape index (κ3) is 7.81. The Kier molecular flexibility index (Phi) is 11.8. The topological polar surface area (TPSA) is 51.2 Å². The van der Waals surface area contributed by atoms with Crippen molar-refractivity contribution in [2.45, 2.75) is 99.3 Å². The molecular formula is C27H42O3. The van der Waals surface area contributed by atoms with E-state index in [1.807, 2.05) is 26.0 Å². The molecule has 1 aromatic carbocycles. The Morgan fingerprint density at radius 2 is 1.70 bits per heavy atom. The number of rotatable bonds is 10. The molecule has 0 radical (unpaired) electrons. The van der Waals surface area contributed by atoms with Crippen LogP contribution in [-0.2, 0) is 16.0 Å². The highest BCUT2D eigenvalue weighted by atomic mass is 16.1. The predicted octanol–water partition coefficient (Wildman–Crippen LogP) is 6.93. The fourth-order valence-electron chi connectivity index (χ4n) is 4.69. The molecular weight excluding hydrogens is 372 g/mol. The van der Waals surface area contributed by atoms with Gasteiger partial charge in [-0.25, -0.2) is 0 Å². The minimum atomic E-state index is -0.0622. The van der Waals surface area contributed by atoms with Gasteiger partial charge in [0.1, 0.15) is 11.6 Å². The van der Waals surface area contributed by atoms with E-state index in [2.05, 4.69) is 26.8 Å². The molecule has 0 aliphatic heterocycles. The summed E-state index contributed by atoms with van der Waals surface area (Å²) >= 11 is 0. The Bertz CT molecular complexity index is 702. The zero-order valence-electron chi connectivity index (χ0n) is 20.1. The normalized spacial score (nSPS) is 17.4. The van der Waals surface area contributed by atoms with Crippen LogP contribution in [0.2, 0.25) is 0 Å². The van der Waals surface area contributed by atoms with Crippen molar-refractivity contribution in [2.75, 3.05) is 0 Å². The number of hydrogen-bond acceptors (Lipinski definition) is 3. The van der Waals surface area contributed by atoms with Crippen molar-refractivity contribution in [1.82, 2.24) is 0 Å². The minimum absolute atomic E-state index is 0.0460. The Hall–Kier alpha value is -1.77. The van der Waals surface area contributed by atoms with E-state index in [0.717, 1.165) is 48.8 Å². The fourth-order valence-corrected chi connectivity index (χ4v) is 4.69. The number of carbonyl (C=O) groups excluding carboxylic acids is 3. The monoisotopic (exact) mass is 414 g/mol. The molecule has 0 saturated heterocycles. The second kappa shape index (κ2) is 13.5. The number of fused-ring (bicyclic) bond motifs is 1. The highest BCUT2D eigenvalue weighted by molar-refractivity contribution is 6.00. The van der Waals surface area contributed by atoms with Crippen molar-refractivity contribution in [3.8, 4) is 0 Å². The molecule has 0 spiro atoms. The highest BCUT2D eigenvalue weighted by Crippen LogP contribution is 2.36. The molecule has 0 fully saturated rings. The van der Waals surface area contributed by atoms with Crippen LogP contribution < -0.4 is 0 Å². The molecule has 168 valence electrons. The highest BCUT2D eigenvalue weighted by Gasteiger charge is 2.32. The summed E-state index contributed by atoms with van der Waals surface area (Å²) in [5.74, 6) is 0.770. The maximum absolute atomic E-state index is 12.7. The van der Waals surface area contributed by atoms with Crippen molar-refractivity contribution in [3.63, 3.8) is 0 Å². The first kappa shape index (κ1) is 26.3. The zero-order valence-corrected chi connectivity index (χ0v) is 20.1. The Balaban J connectivity index is 0.00000103. The molecule has 1 aliphatic rings. The molecule has 30 heavy (non-hydrogen) atoms. The summed E-state index contributed by atoms with van der Waals surface area (Å²) in [5.41, 5.74) is 3.14. The maximum atomic E-state index is 12.7. The van der Waals surface area contributed by atoms with Gasteiger partial charge in [-0.2, -0.15) is 0 Å². The van der Waals surface area contributed by atoms with E-state index >= 15 is 0 Å². The van der Waals surface area contributed by atoms with Crippen LogP contribution in [0.1, 0.15) is 107 Å². The fraction of sp³-hybridized carbons (Fsp3) is 0.667.